The highest BCUT2D eigenvalue weighted by Crippen LogP contribution is 2.41. The number of piperidine rings is 1. The van der Waals surface area contributed by atoms with E-state index in [1.165, 1.54) is 11.6 Å². The summed E-state index contributed by atoms with van der Waals surface area (Å²) in [5.41, 5.74) is 5.64. The summed E-state index contributed by atoms with van der Waals surface area (Å²) in [5.74, 6) is -1.28. The van der Waals surface area contributed by atoms with E-state index in [4.69, 9.17) is 6.57 Å². The molecule has 220 valence electrons. The summed E-state index contributed by atoms with van der Waals surface area (Å²) in [5, 5.41) is 4.23. The van der Waals surface area contributed by atoms with Crippen LogP contribution >= 0.6 is 0 Å². The number of rotatable bonds is 6. The second kappa shape index (κ2) is 11.2. The van der Waals surface area contributed by atoms with Crippen molar-refractivity contribution in [3.63, 3.8) is 0 Å². The third-order valence-electron chi connectivity index (χ3n) is 8.94. The highest BCUT2D eigenvalue weighted by molar-refractivity contribution is 6.27. The van der Waals surface area contributed by atoms with Crippen LogP contribution in [0.2, 0.25) is 0 Å². The van der Waals surface area contributed by atoms with Gasteiger partial charge in [0.05, 0.1) is 17.9 Å². The maximum absolute atomic E-state index is 14.5. The van der Waals surface area contributed by atoms with Gasteiger partial charge < -0.3 is 4.90 Å². The summed E-state index contributed by atoms with van der Waals surface area (Å²) in [6.07, 6.45) is 1.22. The van der Waals surface area contributed by atoms with Gasteiger partial charge in [-0.1, -0.05) is 48.5 Å². The summed E-state index contributed by atoms with van der Waals surface area (Å²) >= 11 is 0. The average Bonchev–Trinajstić information content (AvgIpc) is 3.32. The third kappa shape index (κ3) is 4.97. The highest BCUT2D eigenvalue weighted by atomic mass is 19.1. The molecular weight excluding hydrogens is 557 g/mol. The molecule has 3 aliphatic heterocycles. The average molecular weight is 588 g/mol. The molecule has 0 radical (unpaired) electrons. The Morgan fingerprint density at radius 1 is 0.886 bits per heavy atom. The summed E-state index contributed by atoms with van der Waals surface area (Å²) in [4.78, 5) is 47.0. The number of carbonyl (C=O) groups excluding carboxylic acids is 3. The molecule has 44 heavy (non-hydrogen) atoms. The fourth-order valence-corrected chi connectivity index (χ4v) is 6.67. The third-order valence-corrected chi connectivity index (χ3v) is 8.94. The molecule has 7 rings (SSSR count). The maximum Gasteiger partial charge on any atom is 0.259 e. The van der Waals surface area contributed by atoms with E-state index in [0.29, 0.717) is 29.8 Å². The minimum atomic E-state index is -0.699. The summed E-state index contributed by atoms with van der Waals surface area (Å²) < 4.78 is 14.5. The minimum absolute atomic E-state index is 0.203. The van der Waals surface area contributed by atoms with E-state index in [9.17, 15) is 18.8 Å². The lowest BCUT2D eigenvalue weighted by molar-refractivity contribution is -0.134. The molecule has 0 saturated carbocycles. The molecule has 4 aromatic carbocycles. The van der Waals surface area contributed by atoms with E-state index in [2.05, 4.69) is 39.3 Å². The predicted octanol–water partition coefficient (Wildman–Crippen LogP) is 5.21. The Balaban J connectivity index is 1.03. The van der Waals surface area contributed by atoms with Gasteiger partial charge in [-0.25, -0.2) is 9.24 Å². The number of nitrogens with one attached hydrogen (secondary N) is 1. The Labute approximate surface area is 254 Å². The van der Waals surface area contributed by atoms with Gasteiger partial charge in [-0.05, 0) is 59.2 Å². The normalized spacial score (nSPS) is 18.5. The SMILES string of the molecule is [C-]#[N+]c1ccc(N2CCN(Cc3ccc(Cc4ccc5c6c(cccc46)C(=O)N5C4CCC(=O)NC4=O)cc3)CC2)c(F)c1. The molecule has 1 unspecified atom stereocenters. The number of hydrogen-bond acceptors (Lipinski definition) is 5. The van der Waals surface area contributed by atoms with Crippen molar-refractivity contribution in [2.45, 2.75) is 31.8 Å². The first-order valence-corrected chi connectivity index (χ1v) is 14.8. The van der Waals surface area contributed by atoms with Crippen LogP contribution in [0.4, 0.5) is 21.5 Å². The number of amides is 3. The quantitative estimate of drug-likeness (QED) is 0.248. The maximum atomic E-state index is 14.5. The highest BCUT2D eigenvalue weighted by Gasteiger charge is 2.40. The number of benzene rings is 4. The van der Waals surface area contributed by atoms with Gasteiger partial charge in [0.2, 0.25) is 11.8 Å². The number of anilines is 2. The van der Waals surface area contributed by atoms with Crippen LogP contribution in [0.15, 0.2) is 72.8 Å². The van der Waals surface area contributed by atoms with Crippen molar-refractivity contribution in [1.29, 1.82) is 0 Å². The molecule has 0 aromatic heterocycles. The second-order valence-corrected chi connectivity index (χ2v) is 11.6. The van der Waals surface area contributed by atoms with Crippen LogP contribution in [0, 0.1) is 12.4 Å². The zero-order valence-electron chi connectivity index (χ0n) is 24.1. The standard InChI is InChI=1S/C35H30FN5O3/c1-37-25-10-12-29(28(36)20-25)40-17-15-39(16-18-40)21-23-7-5-22(6-8-23)19-24-9-11-30-33-26(24)3-2-4-27(33)35(44)41(30)31-13-14-32(42)38-34(31)43/h2-12,20,31H,13-19,21H2,(H,38,42,43). The monoisotopic (exact) mass is 587 g/mol. The van der Waals surface area contributed by atoms with E-state index in [1.54, 1.807) is 23.1 Å². The molecule has 4 aromatic rings. The smallest absolute Gasteiger partial charge is 0.259 e. The molecule has 3 aliphatic rings. The minimum Gasteiger partial charge on any atom is -0.367 e. The molecule has 3 heterocycles. The molecule has 8 nitrogen and oxygen atoms in total. The Bertz CT molecular complexity index is 1860. The fraction of sp³-hybridized carbons (Fsp3) is 0.257. The van der Waals surface area contributed by atoms with Gasteiger partial charge in [-0.15, -0.1) is 0 Å². The number of piperazine rings is 1. The Morgan fingerprint density at radius 3 is 2.36 bits per heavy atom. The molecule has 2 fully saturated rings. The topological polar surface area (TPSA) is 77.3 Å². The summed E-state index contributed by atoms with van der Waals surface area (Å²) in [6, 6.07) is 22.2. The van der Waals surface area contributed by atoms with Gasteiger partial charge in [-0.3, -0.25) is 29.5 Å². The predicted molar refractivity (Wildman–Crippen MR) is 166 cm³/mol. The van der Waals surface area contributed by atoms with Gasteiger partial charge in [0, 0.05) is 50.1 Å². The molecule has 0 aliphatic carbocycles. The van der Waals surface area contributed by atoms with E-state index in [0.717, 1.165) is 60.3 Å². The largest absolute Gasteiger partial charge is 0.367 e. The van der Waals surface area contributed by atoms with E-state index >= 15 is 0 Å². The second-order valence-electron chi connectivity index (χ2n) is 11.6. The molecule has 9 heteroatoms. The van der Waals surface area contributed by atoms with Crippen LogP contribution in [0.3, 0.4) is 0 Å². The van der Waals surface area contributed by atoms with Crippen molar-refractivity contribution in [1.82, 2.24) is 10.2 Å². The Kier molecular flexibility index (Phi) is 7.07. The van der Waals surface area contributed by atoms with Crippen LogP contribution in [-0.4, -0.2) is 54.8 Å². The molecular formula is C35H30FN5O3. The summed E-state index contributed by atoms with van der Waals surface area (Å²) in [6.45, 7) is 11.0. The van der Waals surface area contributed by atoms with Crippen molar-refractivity contribution >= 4 is 45.6 Å². The lowest BCUT2D eigenvalue weighted by atomic mass is 9.95. The van der Waals surface area contributed by atoms with Gasteiger partial charge in [0.15, 0.2) is 5.69 Å². The lowest BCUT2D eigenvalue weighted by Gasteiger charge is -2.36. The van der Waals surface area contributed by atoms with Crippen molar-refractivity contribution in [2.24, 2.45) is 0 Å². The number of hydrogen-bond donors (Lipinski definition) is 1. The van der Waals surface area contributed by atoms with E-state index in [1.807, 2.05) is 29.2 Å². The molecule has 1 atom stereocenters. The summed E-state index contributed by atoms with van der Waals surface area (Å²) in [7, 11) is 0. The van der Waals surface area contributed by atoms with Crippen molar-refractivity contribution in [3.8, 4) is 0 Å². The Hall–Kier alpha value is -5.07. The number of carbonyl (C=O) groups is 3. The van der Waals surface area contributed by atoms with Crippen LogP contribution in [0.1, 0.15) is 39.9 Å². The molecule has 2 saturated heterocycles. The first-order valence-electron chi connectivity index (χ1n) is 14.8. The molecule has 3 amide bonds. The van der Waals surface area contributed by atoms with Crippen molar-refractivity contribution < 1.29 is 18.8 Å². The zero-order valence-corrected chi connectivity index (χ0v) is 24.1. The molecule has 1 N–H and O–H groups in total. The van der Waals surface area contributed by atoms with Crippen LogP contribution in [0.25, 0.3) is 15.6 Å². The van der Waals surface area contributed by atoms with Gasteiger partial charge in [0.1, 0.15) is 11.9 Å². The van der Waals surface area contributed by atoms with Crippen LogP contribution < -0.4 is 15.1 Å². The molecule has 0 spiro atoms. The lowest BCUT2D eigenvalue weighted by Crippen LogP contribution is -2.53. The van der Waals surface area contributed by atoms with Gasteiger partial charge in [-0.2, -0.15) is 0 Å². The van der Waals surface area contributed by atoms with Crippen LogP contribution in [-0.2, 0) is 22.6 Å². The fourth-order valence-electron chi connectivity index (χ4n) is 6.67. The van der Waals surface area contributed by atoms with Crippen molar-refractivity contribution in [2.75, 3.05) is 36.0 Å². The first-order chi connectivity index (χ1) is 21.4. The Morgan fingerprint density at radius 2 is 1.64 bits per heavy atom. The van der Waals surface area contributed by atoms with Crippen molar-refractivity contribution in [3.05, 3.63) is 112 Å². The van der Waals surface area contributed by atoms with E-state index < -0.39 is 11.9 Å². The zero-order chi connectivity index (χ0) is 30.4. The van der Waals surface area contributed by atoms with Gasteiger partial charge in [0.25, 0.3) is 5.91 Å². The number of imide groups is 1. The number of nitrogens with zero attached hydrogens (tertiary/aromatic N) is 4. The van der Waals surface area contributed by atoms with Gasteiger partial charge >= 0.3 is 0 Å². The first kappa shape index (κ1) is 27.7. The molecule has 0 bridgehead atoms. The van der Waals surface area contributed by atoms with Crippen LogP contribution in [0.5, 0.6) is 0 Å². The van der Waals surface area contributed by atoms with E-state index in [-0.39, 0.29) is 24.1 Å². The number of halogens is 1.